The van der Waals surface area contributed by atoms with E-state index in [9.17, 15) is 8.42 Å². The fraction of sp³-hybridized carbons (Fsp3) is 0.333. The van der Waals surface area contributed by atoms with Crippen molar-refractivity contribution in [3.63, 3.8) is 0 Å². The Morgan fingerprint density at radius 1 is 1.33 bits per heavy atom. The predicted octanol–water partition coefficient (Wildman–Crippen LogP) is 0.795. The van der Waals surface area contributed by atoms with Gasteiger partial charge in [-0.25, -0.2) is 13.1 Å². The second-order valence-corrected chi connectivity index (χ2v) is 5.41. The Morgan fingerprint density at radius 2 is 2.00 bits per heavy atom. The number of hydrogen-bond donors (Lipinski definition) is 2. The highest BCUT2D eigenvalue weighted by molar-refractivity contribution is 7.90. The van der Waals surface area contributed by atoms with Crippen molar-refractivity contribution in [1.29, 1.82) is 0 Å². The van der Waals surface area contributed by atoms with Gasteiger partial charge in [0, 0.05) is 6.54 Å². The first-order valence-corrected chi connectivity index (χ1v) is 6.48. The van der Waals surface area contributed by atoms with E-state index in [1.165, 1.54) is 0 Å². The quantitative estimate of drug-likeness (QED) is 0.759. The SMILES string of the molecule is O=S(=O)(CCl)NCc1cccc(CO)c1. The minimum Gasteiger partial charge on any atom is -0.392 e. The van der Waals surface area contributed by atoms with Crippen molar-refractivity contribution in [1.82, 2.24) is 4.72 Å². The molecular weight excluding hydrogens is 238 g/mol. The van der Waals surface area contributed by atoms with Gasteiger partial charge in [-0.15, -0.1) is 11.6 Å². The molecule has 0 aliphatic carbocycles. The Morgan fingerprint density at radius 3 is 2.60 bits per heavy atom. The standard InChI is InChI=1S/C9H12ClNO3S/c10-7-15(13,14)11-5-8-2-1-3-9(4-8)6-12/h1-4,11-12H,5-7H2. The second-order valence-electron chi connectivity index (χ2n) is 3.02. The third kappa shape index (κ3) is 4.17. The van der Waals surface area contributed by atoms with Crippen molar-refractivity contribution < 1.29 is 13.5 Å². The van der Waals surface area contributed by atoms with Gasteiger partial charge in [-0.2, -0.15) is 0 Å². The molecule has 2 N–H and O–H groups in total. The van der Waals surface area contributed by atoms with Crippen molar-refractivity contribution >= 4 is 21.6 Å². The summed E-state index contributed by atoms with van der Waals surface area (Å²) in [6, 6.07) is 7.03. The van der Waals surface area contributed by atoms with Crippen LogP contribution in [0.1, 0.15) is 11.1 Å². The maximum atomic E-state index is 11.0. The summed E-state index contributed by atoms with van der Waals surface area (Å²) in [7, 11) is -3.38. The van der Waals surface area contributed by atoms with Gasteiger partial charge in [0.15, 0.2) is 0 Å². The average Bonchev–Trinajstić information content (AvgIpc) is 2.27. The number of benzene rings is 1. The molecule has 0 bridgehead atoms. The zero-order valence-electron chi connectivity index (χ0n) is 7.98. The highest BCUT2D eigenvalue weighted by Crippen LogP contribution is 2.05. The molecule has 4 nitrogen and oxygen atoms in total. The van der Waals surface area contributed by atoms with Crippen LogP contribution in [0.5, 0.6) is 0 Å². The van der Waals surface area contributed by atoms with Crippen LogP contribution < -0.4 is 4.72 Å². The monoisotopic (exact) mass is 249 g/mol. The number of alkyl halides is 1. The van der Waals surface area contributed by atoms with Gasteiger partial charge in [-0.3, -0.25) is 0 Å². The van der Waals surface area contributed by atoms with E-state index in [1.54, 1.807) is 24.3 Å². The Bertz CT molecular complexity index is 419. The molecule has 0 radical (unpaired) electrons. The van der Waals surface area contributed by atoms with E-state index in [4.69, 9.17) is 16.7 Å². The molecule has 0 saturated heterocycles. The Hall–Kier alpha value is -0.620. The fourth-order valence-electron chi connectivity index (χ4n) is 1.07. The van der Waals surface area contributed by atoms with Gasteiger partial charge in [0.1, 0.15) is 5.21 Å². The van der Waals surface area contributed by atoms with Gasteiger partial charge in [0.05, 0.1) is 6.61 Å². The van der Waals surface area contributed by atoms with Gasteiger partial charge in [-0.05, 0) is 11.1 Å². The summed E-state index contributed by atoms with van der Waals surface area (Å²) < 4.78 is 24.4. The average molecular weight is 250 g/mol. The van der Waals surface area contributed by atoms with E-state index in [2.05, 4.69) is 4.72 Å². The normalized spacial score (nSPS) is 11.6. The summed E-state index contributed by atoms with van der Waals surface area (Å²) in [6.45, 7) is 0.124. The second kappa shape index (κ2) is 5.46. The number of aliphatic hydroxyl groups is 1. The molecule has 15 heavy (non-hydrogen) atoms. The van der Waals surface area contributed by atoms with Crippen molar-refractivity contribution in [2.45, 2.75) is 13.2 Å². The molecule has 0 heterocycles. The molecule has 1 rings (SSSR count). The summed E-state index contributed by atoms with van der Waals surface area (Å²) in [5.74, 6) is 0. The number of nitrogens with one attached hydrogen (secondary N) is 1. The van der Waals surface area contributed by atoms with Gasteiger partial charge in [0.25, 0.3) is 0 Å². The van der Waals surface area contributed by atoms with Crippen LogP contribution in [-0.2, 0) is 23.2 Å². The lowest BCUT2D eigenvalue weighted by atomic mass is 10.1. The number of rotatable bonds is 5. The molecule has 0 spiro atoms. The Balaban J connectivity index is 2.65. The van der Waals surface area contributed by atoms with Gasteiger partial charge in [0.2, 0.25) is 10.0 Å². The molecule has 0 saturated carbocycles. The van der Waals surface area contributed by atoms with E-state index in [0.717, 1.165) is 11.1 Å². The molecule has 0 unspecified atom stereocenters. The van der Waals surface area contributed by atoms with E-state index < -0.39 is 15.2 Å². The fourth-order valence-corrected chi connectivity index (χ4v) is 1.77. The smallest absolute Gasteiger partial charge is 0.225 e. The minimum absolute atomic E-state index is 0.0594. The molecule has 0 atom stereocenters. The minimum atomic E-state index is -3.38. The lowest BCUT2D eigenvalue weighted by Gasteiger charge is -2.05. The lowest BCUT2D eigenvalue weighted by molar-refractivity contribution is 0.281. The molecule has 0 aliphatic heterocycles. The van der Waals surface area contributed by atoms with E-state index in [0.29, 0.717) is 0 Å². The summed E-state index contributed by atoms with van der Waals surface area (Å²) in [6.07, 6.45) is 0. The van der Waals surface area contributed by atoms with Crippen LogP contribution >= 0.6 is 11.6 Å². The van der Waals surface area contributed by atoms with Crippen LogP contribution in [0.2, 0.25) is 0 Å². The largest absolute Gasteiger partial charge is 0.392 e. The van der Waals surface area contributed by atoms with Crippen LogP contribution in [0, 0.1) is 0 Å². The first-order valence-electron chi connectivity index (χ1n) is 4.29. The van der Waals surface area contributed by atoms with Crippen molar-refractivity contribution in [2.24, 2.45) is 0 Å². The van der Waals surface area contributed by atoms with Crippen molar-refractivity contribution in [2.75, 3.05) is 5.21 Å². The summed E-state index contributed by atoms with van der Waals surface area (Å²) >= 11 is 5.23. The van der Waals surface area contributed by atoms with Crippen LogP contribution in [0.3, 0.4) is 0 Å². The van der Waals surface area contributed by atoms with E-state index in [-0.39, 0.29) is 13.2 Å². The predicted molar refractivity (Wildman–Crippen MR) is 58.8 cm³/mol. The number of aliphatic hydroxyl groups excluding tert-OH is 1. The topological polar surface area (TPSA) is 66.4 Å². The zero-order valence-corrected chi connectivity index (χ0v) is 9.55. The number of halogens is 1. The van der Waals surface area contributed by atoms with Gasteiger partial charge < -0.3 is 5.11 Å². The van der Waals surface area contributed by atoms with Gasteiger partial charge >= 0.3 is 0 Å². The number of hydrogen-bond acceptors (Lipinski definition) is 3. The highest BCUT2D eigenvalue weighted by Gasteiger charge is 2.06. The zero-order chi connectivity index (χ0) is 11.3. The summed E-state index contributed by atoms with van der Waals surface area (Å²) in [4.78, 5) is 0. The van der Waals surface area contributed by atoms with Crippen molar-refractivity contribution in [3.05, 3.63) is 35.4 Å². The Labute approximate surface area is 93.9 Å². The summed E-state index contributed by atoms with van der Waals surface area (Å²) in [5, 5.41) is 8.42. The molecule has 0 fully saturated rings. The third-order valence-corrected chi connectivity index (χ3v) is 3.55. The molecule has 0 amide bonds. The summed E-state index contributed by atoms with van der Waals surface area (Å²) in [5.41, 5.74) is 1.54. The van der Waals surface area contributed by atoms with Crippen LogP contribution in [0.25, 0.3) is 0 Å². The van der Waals surface area contributed by atoms with Crippen molar-refractivity contribution in [3.8, 4) is 0 Å². The van der Waals surface area contributed by atoms with E-state index in [1.807, 2.05) is 0 Å². The molecule has 1 aromatic carbocycles. The van der Waals surface area contributed by atoms with Crippen LogP contribution in [0.15, 0.2) is 24.3 Å². The maximum Gasteiger partial charge on any atom is 0.225 e. The number of sulfonamides is 1. The lowest BCUT2D eigenvalue weighted by Crippen LogP contribution is -2.23. The molecule has 84 valence electrons. The first-order chi connectivity index (χ1) is 7.07. The first kappa shape index (κ1) is 12.4. The maximum absolute atomic E-state index is 11.0. The molecule has 0 aromatic heterocycles. The Kier molecular flexibility index (Phi) is 4.53. The van der Waals surface area contributed by atoms with Crippen LogP contribution in [-0.4, -0.2) is 18.7 Å². The molecule has 6 heteroatoms. The molecular formula is C9H12ClNO3S. The molecule has 0 aliphatic rings. The third-order valence-electron chi connectivity index (χ3n) is 1.81. The van der Waals surface area contributed by atoms with E-state index >= 15 is 0 Å². The van der Waals surface area contributed by atoms with Crippen LogP contribution in [0.4, 0.5) is 0 Å². The highest BCUT2D eigenvalue weighted by atomic mass is 35.5. The van der Waals surface area contributed by atoms with Gasteiger partial charge in [-0.1, -0.05) is 24.3 Å². The molecule has 1 aromatic rings.